The van der Waals surface area contributed by atoms with Crippen molar-refractivity contribution in [2.75, 3.05) is 21.3 Å². The molecule has 0 aliphatic heterocycles. The predicted octanol–water partition coefficient (Wildman–Crippen LogP) is 8.03. The van der Waals surface area contributed by atoms with Crippen LogP contribution in [-0.4, -0.2) is 58.1 Å². The van der Waals surface area contributed by atoms with E-state index in [1.165, 1.54) is 66.5 Å². The van der Waals surface area contributed by atoms with E-state index in [2.05, 4.69) is 65.9 Å². The Morgan fingerprint density at radius 2 is 1.18 bits per heavy atom. The van der Waals surface area contributed by atoms with Crippen molar-refractivity contribution in [3.63, 3.8) is 0 Å². The van der Waals surface area contributed by atoms with E-state index in [9.17, 15) is 0 Å². The van der Waals surface area contributed by atoms with Crippen LogP contribution in [0.2, 0.25) is 28.1 Å². The second-order valence-electron chi connectivity index (χ2n) is 11.7. The van der Waals surface area contributed by atoms with E-state index in [1.807, 2.05) is 0 Å². The van der Waals surface area contributed by atoms with Gasteiger partial charge in [-0.05, 0) is 0 Å². The molecule has 0 N–H and O–H groups in total. The SMILES string of the molecule is CCC[CH2][Sn]([CH2]CCC)([CH2]CCC)[c]1ccccc1COCc1cc(OC)c(OC)c(OC)[c]1[Sn]([CH3])([CH3])[CH3]. The van der Waals surface area contributed by atoms with Gasteiger partial charge in [0.25, 0.3) is 0 Å². The van der Waals surface area contributed by atoms with Gasteiger partial charge in [-0.25, -0.2) is 0 Å². The maximum absolute atomic E-state index is 6.58. The average Bonchev–Trinajstić information content (AvgIpc) is 2.91. The Hall–Kier alpha value is -0.603. The van der Waals surface area contributed by atoms with Gasteiger partial charge in [0, 0.05) is 0 Å². The normalized spacial score (nSPS) is 12.0. The van der Waals surface area contributed by atoms with Crippen LogP contribution in [0.15, 0.2) is 30.3 Å². The zero-order valence-electron chi connectivity index (χ0n) is 25.8. The minimum absolute atomic E-state index is 0.552. The molecule has 0 aromatic heterocycles. The predicted molar refractivity (Wildman–Crippen MR) is 169 cm³/mol. The number of benzene rings is 2. The summed E-state index contributed by atoms with van der Waals surface area (Å²) in [6.07, 6.45) is 7.97. The van der Waals surface area contributed by atoms with Gasteiger partial charge >= 0.3 is 244 Å². The summed E-state index contributed by atoms with van der Waals surface area (Å²) >= 11 is -5.17. The summed E-state index contributed by atoms with van der Waals surface area (Å²) in [5.74, 6) is 2.21. The third-order valence-corrected chi connectivity index (χ3v) is 29.5. The van der Waals surface area contributed by atoms with Crippen molar-refractivity contribution in [2.45, 2.75) is 101 Å². The number of unbranched alkanes of at least 4 members (excludes halogenated alkanes) is 3. The molecule has 4 nitrogen and oxygen atoms in total. The first-order valence-corrected chi connectivity index (χ1v) is 32.2. The van der Waals surface area contributed by atoms with Crippen molar-refractivity contribution in [1.82, 2.24) is 0 Å². The third-order valence-electron chi connectivity index (χ3n) is 7.79. The first kappa shape index (κ1) is 33.6. The van der Waals surface area contributed by atoms with E-state index in [4.69, 9.17) is 18.9 Å². The summed E-state index contributed by atoms with van der Waals surface area (Å²) < 4.78 is 31.4. The zero-order valence-corrected chi connectivity index (χ0v) is 31.5. The summed E-state index contributed by atoms with van der Waals surface area (Å²) in [6, 6.07) is 11.4. The summed E-state index contributed by atoms with van der Waals surface area (Å²) in [5, 5.41) is 0. The number of rotatable bonds is 18. The summed E-state index contributed by atoms with van der Waals surface area (Å²) in [4.78, 5) is 7.24. The number of ether oxygens (including phenoxy) is 4. The minimum atomic E-state index is -2.60. The van der Waals surface area contributed by atoms with Crippen molar-refractivity contribution >= 4 is 43.9 Å². The first-order valence-electron chi connectivity index (χ1n) is 14.7. The molecule has 0 unspecified atom stereocenters. The van der Waals surface area contributed by atoms with E-state index in [0.717, 1.165) is 5.75 Å². The molecule has 0 saturated heterocycles. The van der Waals surface area contributed by atoms with Gasteiger partial charge in [-0.2, -0.15) is 0 Å². The van der Waals surface area contributed by atoms with Crippen LogP contribution in [0.25, 0.3) is 0 Å². The van der Waals surface area contributed by atoms with Gasteiger partial charge in [0.15, 0.2) is 0 Å². The molecular weight excluding hydrogens is 686 g/mol. The van der Waals surface area contributed by atoms with Crippen molar-refractivity contribution in [3.05, 3.63) is 41.5 Å². The van der Waals surface area contributed by atoms with E-state index in [0.29, 0.717) is 24.7 Å². The van der Waals surface area contributed by atoms with Gasteiger partial charge in [-0.3, -0.25) is 0 Å². The van der Waals surface area contributed by atoms with E-state index in [1.54, 1.807) is 24.9 Å². The summed E-state index contributed by atoms with van der Waals surface area (Å²) in [6.45, 7) is 8.26. The molecule has 0 spiro atoms. The Labute approximate surface area is 241 Å². The second kappa shape index (κ2) is 16.6. The van der Waals surface area contributed by atoms with E-state index < -0.39 is 36.8 Å². The Kier molecular flexibility index (Phi) is 14.7. The molecule has 0 aliphatic carbocycles. The van der Waals surface area contributed by atoms with Crippen LogP contribution < -0.4 is 21.4 Å². The number of hydrogen-bond acceptors (Lipinski definition) is 4. The Bertz CT molecular complexity index is 962. The van der Waals surface area contributed by atoms with Crippen molar-refractivity contribution in [3.8, 4) is 17.2 Å². The average molecular weight is 740 g/mol. The quantitative estimate of drug-likeness (QED) is 0.145. The Morgan fingerprint density at radius 3 is 1.66 bits per heavy atom. The second-order valence-corrected chi connectivity index (χ2v) is 39.1. The van der Waals surface area contributed by atoms with Gasteiger partial charge in [0.2, 0.25) is 0 Å². The van der Waals surface area contributed by atoms with Gasteiger partial charge in [0.05, 0.1) is 0 Å². The van der Waals surface area contributed by atoms with E-state index >= 15 is 0 Å². The van der Waals surface area contributed by atoms with Crippen molar-refractivity contribution in [2.24, 2.45) is 0 Å². The molecule has 0 radical (unpaired) electrons. The maximum atomic E-state index is 6.58. The zero-order chi connectivity index (χ0) is 28.2. The molecule has 2 aromatic rings. The topological polar surface area (TPSA) is 36.9 Å². The van der Waals surface area contributed by atoms with Crippen LogP contribution in [-0.2, 0) is 18.0 Å². The molecule has 0 bridgehead atoms. The molecule has 6 heteroatoms. The van der Waals surface area contributed by atoms with Gasteiger partial charge in [0.1, 0.15) is 0 Å². The van der Waals surface area contributed by atoms with Crippen LogP contribution >= 0.6 is 0 Å². The van der Waals surface area contributed by atoms with Gasteiger partial charge in [-0.1, -0.05) is 0 Å². The van der Waals surface area contributed by atoms with Crippen molar-refractivity contribution < 1.29 is 18.9 Å². The first-order chi connectivity index (χ1) is 18.2. The molecule has 0 atom stereocenters. The van der Waals surface area contributed by atoms with Crippen LogP contribution in [0, 0.1) is 0 Å². The molecule has 2 rings (SSSR count). The van der Waals surface area contributed by atoms with Crippen LogP contribution in [0.5, 0.6) is 17.2 Å². The standard InChI is InChI=1S/C17H18O4.3C4H9.3CH3.2Sn/c1-18-15-9-14(10-16(19-2)17(15)20-3)12-21-11-13-7-5-4-6-8-13;3*1-3-4-2;;;;;/h4-7,9H,11-12H2,1-3H3;3*1,3-4H2,2H3;3*1H3;;. The molecule has 0 heterocycles. The molecule has 0 amide bonds. The molecule has 2 aromatic carbocycles. The Balaban J connectivity index is 2.45. The summed E-state index contributed by atoms with van der Waals surface area (Å²) in [7, 11) is 5.10. The fourth-order valence-electron chi connectivity index (χ4n) is 5.90. The molecule has 0 aliphatic rings. The van der Waals surface area contributed by atoms with Gasteiger partial charge < -0.3 is 0 Å². The molecular formula is C32H54O4Sn2. The monoisotopic (exact) mass is 742 g/mol. The molecule has 0 saturated carbocycles. The molecule has 0 fully saturated rings. The molecule has 214 valence electrons. The van der Waals surface area contributed by atoms with Crippen LogP contribution in [0.3, 0.4) is 0 Å². The van der Waals surface area contributed by atoms with Gasteiger partial charge in [-0.15, -0.1) is 0 Å². The van der Waals surface area contributed by atoms with Crippen LogP contribution in [0.4, 0.5) is 0 Å². The van der Waals surface area contributed by atoms with Crippen molar-refractivity contribution in [1.29, 1.82) is 0 Å². The van der Waals surface area contributed by atoms with E-state index in [-0.39, 0.29) is 0 Å². The fraction of sp³-hybridized carbons (Fsp3) is 0.625. The fourth-order valence-corrected chi connectivity index (χ4v) is 28.6. The number of hydrogen-bond donors (Lipinski definition) is 0. The number of methoxy groups -OCH3 is 3. The van der Waals surface area contributed by atoms with Crippen LogP contribution in [0.1, 0.15) is 70.4 Å². The Morgan fingerprint density at radius 1 is 0.658 bits per heavy atom. The summed E-state index contributed by atoms with van der Waals surface area (Å²) in [5.41, 5.74) is 2.61. The third kappa shape index (κ3) is 8.70. The molecule has 38 heavy (non-hydrogen) atoms.